The molecule has 2 amide bonds. The van der Waals surface area contributed by atoms with Crippen LogP contribution in [0.3, 0.4) is 0 Å². The number of thiophene rings is 1. The number of ether oxygens (including phenoxy) is 1. The molecule has 1 aromatic heterocycles. The summed E-state index contributed by atoms with van der Waals surface area (Å²) in [5.41, 5.74) is 1.14. The van der Waals surface area contributed by atoms with Crippen molar-refractivity contribution in [2.45, 2.75) is 12.5 Å². The van der Waals surface area contributed by atoms with Crippen LogP contribution >= 0.6 is 34.5 Å². The van der Waals surface area contributed by atoms with Gasteiger partial charge in [0.15, 0.2) is 0 Å². The van der Waals surface area contributed by atoms with Gasteiger partial charge in [-0.05, 0) is 41.3 Å². The Morgan fingerprint density at radius 1 is 1.00 bits per heavy atom. The molecular formula is C22H18Cl2N2O4S. The second kappa shape index (κ2) is 10.4. The molecule has 2 aromatic carbocycles. The summed E-state index contributed by atoms with van der Waals surface area (Å²) in [4.78, 5) is 37.7. The van der Waals surface area contributed by atoms with Crippen molar-refractivity contribution in [3.8, 4) is 0 Å². The number of amides is 2. The Balaban J connectivity index is 1.82. The summed E-state index contributed by atoms with van der Waals surface area (Å²) in [6.45, 7) is 0. The minimum Gasteiger partial charge on any atom is -0.469 e. The molecule has 0 fully saturated rings. The third-order valence-corrected chi connectivity index (χ3v) is 5.95. The predicted octanol–water partition coefficient (Wildman–Crippen LogP) is 5.34. The summed E-state index contributed by atoms with van der Waals surface area (Å²) in [6.07, 6.45) is -0.0957. The summed E-state index contributed by atoms with van der Waals surface area (Å²) >= 11 is 13.7. The van der Waals surface area contributed by atoms with Gasteiger partial charge in [0.1, 0.15) is 0 Å². The Morgan fingerprint density at radius 2 is 1.77 bits per heavy atom. The zero-order chi connectivity index (χ0) is 22.4. The third-order valence-electron chi connectivity index (χ3n) is 4.41. The molecule has 0 bridgehead atoms. The van der Waals surface area contributed by atoms with Crippen LogP contribution in [-0.2, 0) is 9.53 Å². The van der Waals surface area contributed by atoms with E-state index in [1.54, 1.807) is 41.8 Å². The average Bonchev–Trinajstić information content (AvgIpc) is 3.30. The fourth-order valence-corrected chi connectivity index (χ4v) is 3.89. The van der Waals surface area contributed by atoms with E-state index < -0.39 is 17.9 Å². The van der Waals surface area contributed by atoms with Crippen molar-refractivity contribution in [1.82, 2.24) is 5.32 Å². The van der Waals surface area contributed by atoms with Crippen molar-refractivity contribution in [2.24, 2.45) is 0 Å². The first-order chi connectivity index (χ1) is 14.9. The normalized spacial score (nSPS) is 11.5. The molecule has 31 heavy (non-hydrogen) atoms. The number of rotatable bonds is 7. The van der Waals surface area contributed by atoms with Gasteiger partial charge in [-0.25, -0.2) is 0 Å². The molecule has 0 aliphatic heterocycles. The molecule has 0 aliphatic carbocycles. The standard InChI is InChI=1S/C22H18Cl2N2O4S/c1-30-20(27)12-17(14-5-2-3-6-15(14)23)25-21(28)13-8-9-16(24)18(11-13)26-22(29)19-7-4-10-31-19/h2-11,17H,12H2,1H3,(H,25,28)(H,26,29). The van der Waals surface area contributed by atoms with E-state index in [2.05, 4.69) is 10.6 Å². The minimum absolute atomic E-state index is 0.0957. The van der Waals surface area contributed by atoms with Gasteiger partial charge in [-0.1, -0.05) is 47.5 Å². The molecule has 3 rings (SSSR count). The SMILES string of the molecule is COC(=O)CC(NC(=O)c1ccc(Cl)c(NC(=O)c2cccs2)c1)c1ccccc1Cl. The van der Waals surface area contributed by atoms with E-state index in [1.807, 2.05) is 0 Å². The fraction of sp³-hybridized carbons (Fsp3) is 0.136. The van der Waals surface area contributed by atoms with Crippen LogP contribution in [0, 0.1) is 0 Å². The Hall–Kier alpha value is -2.87. The monoisotopic (exact) mass is 476 g/mol. The third kappa shape index (κ3) is 5.85. The number of esters is 1. The molecule has 0 spiro atoms. The van der Waals surface area contributed by atoms with Gasteiger partial charge in [0, 0.05) is 10.6 Å². The zero-order valence-electron chi connectivity index (χ0n) is 16.4. The zero-order valence-corrected chi connectivity index (χ0v) is 18.7. The van der Waals surface area contributed by atoms with E-state index in [0.29, 0.717) is 26.2 Å². The van der Waals surface area contributed by atoms with Crippen molar-refractivity contribution in [2.75, 3.05) is 12.4 Å². The van der Waals surface area contributed by atoms with Crippen LogP contribution in [-0.4, -0.2) is 24.9 Å². The van der Waals surface area contributed by atoms with E-state index in [9.17, 15) is 14.4 Å². The van der Waals surface area contributed by atoms with Gasteiger partial charge in [-0.3, -0.25) is 14.4 Å². The van der Waals surface area contributed by atoms with Gasteiger partial charge in [0.25, 0.3) is 11.8 Å². The van der Waals surface area contributed by atoms with Crippen LogP contribution in [0.2, 0.25) is 10.0 Å². The van der Waals surface area contributed by atoms with Crippen LogP contribution in [0.25, 0.3) is 0 Å². The highest BCUT2D eigenvalue weighted by Crippen LogP contribution is 2.28. The summed E-state index contributed by atoms with van der Waals surface area (Å²) in [5.74, 6) is -1.28. The Morgan fingerprint density at radius 3 is 2.45 bits per heavy atom. The van der Waals surface area contributed by atoms with Gasteiger partial charge < -0.3 is 15.4 Å². The van der Waals surface area contributed by atoms with Crippen LogP contribution in [0.4, 0.5) is 5.69 Å². The molecule has 1 atom stereocenters. The Bertz CT molecular complexity index is 1100. The van der Waals surface area contributed by atoms with Crippen molar-refractivity contribution in [1.29, 1.82) is 0 Å². The van der Waals surface area contributed by atoms with E-state index in [0.717, 1.165) is 0 Å². The average molecular weight is 477 g/mol. The first-order valence-corrected chi connectivity index (χ1v) is 10.8. The first kappa shape index (κ1) is 22.8. The number of nitrogens with one attached hydrogen (secondary N) is 2. The summed E-state index contributed by atoms with van der Waals surface area (Å²) < 4.78 is 4.75. The molecule has 2 N–H and O–H groups in total. The molecule has 6 nitrogen and oxygen atoms in total. The van der Waals surface area contributed by atoms with Crippen LogP contribution in [0.5, 0.6) is 0 Å². The van der Waals surface area contributed by atoms with E-state index in [-0.39, 0.29) is 17.9 Å². The molecule has 3 aromatic rings. The molecular weight excluding hydrogens is 459 g/mol. The van der Waals surface area contributed by atoms with Crippen LogP contribution < -0.4 is 10.6 Å². The summed E-state index contributed by atoms with van der Waals surface area (Å²) in [6, 6.07) is 14.2. The molecule has 0 saturated heterocycles. The maximum absolute atomic E-state index is 12.9. The van der Waals surface area contributed by atoms with Gasteiger partial charge >= 0.3 is 5.97 Å². The van der Waals surface area contributed by atoms with Gasteiger partial charge in [0.2, 0.25) is 0 Å². The number of methoxy groups -OCH3 is 1. The number of carbonyl (C=O) groups is 3. The second-order valence-electron chi connectivity index (χ2n) is 6.45. The number of anilines is 1. The molecule has 9 heteroatoms. The lowest BCUT2D eigenvalue weighted by atomic mass is 10.0. The molecule has 1 unspecified atom stereocenters. The van der Waals surface area contributed by atoms with Crippen molar-refractivity contribution >= 4 is 58.0 Å². The Kier molecular flexibility index (Phi) is 7.68. The molecule has 160 valence electrons. The highest BCUT2D eigenvalue weighted by molar-refractivity contribution is 7.12. The molecule has 0 radical (unpaired) electrons. The molecule has 1 heterocycles. The van der Waals surface area contributed by atoms with Crippen LogP contribution in [0.15, 0.2) is 60.0 Å². The van der Waals surface area contributed by atoms with Crippen molar-refractivity contribution in [3.63, 3.8) is 0 Å². The molecule has 0 saturated carbocycles. The van der Waals surface area contributed by atoms with Crippen LogP contribution in [0.1, 0.15) is 38.1 Å². The summed E-state index contributed by atoms with van der Waals surface area (Å²) in [7, 11) is 1.27. The Labute approximate surface area is 193 Å². The van der Waals surface area contributed by atoms with E-state index >= 15 is 0 Å². The lowest BCUT2D eigenvalue weighted by molar-refractivity contribution is -0.141. The highest BCUT2D eigenvalue weighted by Gasteiger charge is 2.22. The lowest BCUT2D eigenvalue weighted by Gasteiger charge is -2.20. The maximum Gasteiger partial charge on any atom is 0.307 e. The number of hydrogen-bond donors (Lipinski definition) is 2. The topological polar surface area (TPSA) is 84.5 Å². The number of hydrogen-bond acceptors (Lipinski definition) is 5. The highest BCUT2D eigenvalue weighted by atomic mass is 35.5. The largest absolute Gasteiger partial charge is 0.469 e. The van der Waals surface area contributed by atoms with Crippen molar-refractivity contribution in [3.05, 3.63) is 86.0 Å². The van der Waals surface area contributed by atoms with E-state index in [1.165, 1.54) is 36.6 Å². The second-order valence-corrected chi connectivity index (χ2v) is 8.22. The number of carbonyl (C=O) groups excluding carboxylic acids is 3. The summed E-state index contributed by atoms with van der Waals surface area (Å²) in [5, 5.41) is 8.01. The number of benzene rings is 2. The first-order valence-electron chi connectivity index (χ1n) is 9.15. The quantitative estimate of drug-likeness (QED) is 0.450. The lowest BCUT2D eigenvalue weighted by Crippen LogP contribution is -2.30. The minimum atomic E-state index is -0.700. The fourth-order valence-electron chi connectivity index (χ4n) is 2.84. The van der Waals surface area contributed by atoms with Gasteiger partial charge in [-0.2, -0.15) is 0 Å². The maximum atomic E-state index is 12.9. The smallest absolute Gasteiger partial charge is 0.307 e. The molecule has 0 aliphatic rings. The van der Waals surface area contributed by atoms with Gasteiger partial charge in [0.05, 0.1) is 35.2 Å². The van der Waals surface area contributed by atoms with Gasteiger partial charge in [-0.15, -0.1) is 11.3 Å². The predicted molar refractivity (Wildman–Crippen MR) is 122 cm³/mol. The van der Waals surface area contributed by atoms with Crippen molar-refractivity contribution < 1.29 is 19.1 Å². The van der Waals surface area contributed by atoms with E-state index in [4.69, 9.17) is 27.9 Å². The number of halogens is 2.